The van der Waals surface area contributed by atoms with E-state index in [9.17, 15) is 0 Å². The third-order valence-corrected chi connectivity index (χ3v) is 21.3. The zero-order valence-electron chi connectivity index (χ0n) is 62.4. The van der Waals surface area contributed by atoms with Crippen LogP contribution in [0.5, 0.6) is 0 Å². The molecule has 526 valence electrons. The third kappa shape index (κ3) is 14.5. The number of nitrogens with zero attached hydrogens (tertiary/aromatic N) is 5. The van der Waals surface area contributed by atoms with Gasteiger partial charge in [-0.3, -0.25) is 0 Å². The summed E-state index contributed by atoms with van der Waals surface area (Å²) >= 11 is 0. The lowest BCUT2D eigenvalue weighted by Gasteiger charge is -2.23. The number of fused-ring (bicyclic) bond motifs is 9. The predicted molar refractivity (Wildman–Crippen MR) is 476 cm³/mol. The lowest BCUT2D eigenvalue weighted by molar-refractivity contribution is 1.20. The minimum atomic E-state index is 1.20. The minimum absolute atomic E-state index is 1.20. The molecule has 0 saturated carbocycles. The zero-order chi connectivity index (χ0) is 74.2. The van der Waals surface area contributed by atoms with Crippen LogP contribution in [0.3, 0.4) is 0 Å². The Morgan fingerprint density at radius 2 is 0.477 bits per heavy atom. The molecular formula is C104H85N5. The number of anilines is 10. The van der Waals surface area contributed by atoms with Crippen LogP contribution in [0.4, 0.5) is 56.9 Å². The first kappa shape index (κ1) is 69.6. The van der Waals surface area contributed by atoms with E-state index >= 15 is 0 Å². The Bertz CT molecular complexity index is 6390. The fourth-order valence-corrected chi connectivity index (χ4v) is 15.5. The van der Waals surface area contributed by atoms with Crippen molar-refractivity contribution in [3.8, 4) is 0 Å². The van der Waals surface area contributed by atoms with Crippen molar-refractivity contribution in [2.24, 2.45) is 0 Å². The predicted octanol–water partition coefficient (Wildman–Crippen LogP) is 28.6. The smallest absolute Gasteiger partial charge is 0.0567 e. The van der Waals surface area contributed by atoms with Gasteiger partial charge in [0.1, 0.15) is 0 Å². The molecule has 0 aliphatic rings. The maximum atomic E-state index is 2.30. The summed E-state index contributed by atoms with van der Waals surface area (Å²) in [7, 11) is 10.6. The normalized spacial score (nSPS) is 11.0. The van der Waals surface area contributed by atoms with Gasteiger partial charge < -0.3 is 24.5 Å². The van der Waals surface area contributed by atoms with Gasteiger partial charge in [0.2, 0.25) is 0 Å². The van der Waals surface area contributed by atoms with E-state index in [-0.39, 0.29) is 0 Å². The molecular weight excluding hydrogens is 1320 g/mol. The van der Waals surface area contributed by atoms with E-state index in [0.717, 1.165) is 0 Å². The van der Waals surface area contributed by atoms with Crippen molar-refractivity contribution >= 4 is 165 Å². The molecule has 0 aromatic heterocycles. The quantitative estimate of drug-likeness (QED) is 0.0999. The number of rotatable bonds is 10. The standard InChI is InChI=1S/C27H19N.3C21H17N.C14H15N/c1-28(19-10-3-2-4-11-19)25-17-16-23-21-13-6-9-18-8-5-12-20(26(18)21)22-14-7-15-24(25)27(22)23;1-22(18-11-3-2-4-12-18)21-19-13-7-5-9-16(19)15-17-10-6-8-14-20(17)21;1-22(17-10-3-2-4-11-17)21-15-16-9-5-6-12-18(16)19-13-7-8-14-20(19)21;1-22(20-9-3-2-4-10-20)21-12-11-18-13-16-7-5-6-8-17(16)14-19(18)15-21;1-12-8-10-14(11-9-12)15(2)13-6-4-3-5-7-13/h2-17H,1H3;3*2-15H,1H3;3-11H,1-2H3. The molecule has 0 heterocycles. The SMILES string of the molecule is CN(c1ccccc1)c1c2ccccc2cc2ccccc12.CN(c1ccccc1)c1cc2ccccc2c2ccccc12.CN(c1ccccc1)c1ccc2c3cccc4cccc(c5cccc1c52)c43.CN(c1ccccc1)c1ccc2cc3ccccc3cc2c1.Cc1ccc(N(C)c2ccccc2)cc1. The van der Waals surface area contributed by atoms with E-state index in [2.05, 4.69) is 461 Å². The monoisotopic (exact) mass is 1400 g/mol. The molecule has 0 saturated heterocycles. The number of hydrogen-bond acceptors (Lipinski definition) is 5. The van der Waals surface area contributed by atoms with Gasteiger partial charge in [0.05, 0.1) is 5.69 Å². The minimum Gasteiger partial charge on any atom is -0.345 e. The maximum Gasteiger partial charge on any atom is 0.0567 e. The molecule has 0 aliphatic carbocycles. The van der Waals surface area contributed by atoms with Crippen molar-refractivity contribution in [1.29, 1.82) is 0 Å². The lowest BCUT2D eigenvalue weighted by Crippen LogP contribution is -2.10. The van der Waals surface area contributed by atoms with Crippen LogP contribution in [0, 0.1) is 6.92 Å². The second kappa shape index (κ2) is 31.5. The summed E-state index contributed by atoms with van der Waals surface area (Å²) in [4.78, 5) is 11.2. The van der Waals surface area contributed by atoms with Gasteiger partial charge in [-0.25, -0.2) is 0 Å². The fraction of sp³-hybridized carbons (Fsp3) is 0.0577. The molecule has 0 fully saturated rings. The number of aryl methyl sites for hydroxylation is 1. The highest BCUT2D eigenvalue weighted by atomic mass is 15.1. The van der Waals surface area contributed by atoms with E-state index in [4.69, 9.17) is 0 Å². The Kier molecular flexibility index (Phi) is 20.1. The van der Waals surface area contributed by atoms with Gasteiger partial charge in [-0.2, -0.15) is 0 Å². The average molecular weight is 1400 g/mol. The molecule has 20 aromatic rings. The average Bonchev–Trinajstić information content (AvgIpc) is 0.717. The largest absolute Gasteiger partial charge is 0.345 e. The van der Waals surface area contributed by atoms with Crippen molar-refractivity contribution in [3.63, 3.8) is 0 Å². The Morgan fingerprint density at radius 3 is 1.00 bits per heavy atom. The van der Waals surface area contributed by atoms with Gasteiger partial charge in [0, 0.05) is 108 Å². The van der Waals surface area contributed by atoms with Crippen LogP contribution < -0.4 is 24.5 Å². The van der Waals surface area contributed by atoms with Crippen LogP contribution in [0.25, 0.3) is 108 Å². The highest BCUT2D eigenvalue weighted by molar-refractivity contribution is 6.34. The lowest BCUT2D eigenvalue weighted by atomic mass is 9.89. The van der Waals surface area contributed by atoms with Crippen molar-refractivity contribution in [1.82, 2.24) is 0 Å². The molecule has 0 amide bonds. The second-order valence-corrected chi connectivity index (χ2v) is 27.9. The summed E-state index contributed by atoms with van der Waals surface area (Å²) in [5.74, 6) is 0. The molecule has 5 nitrogen and oxygen atoms in total. The highest BCUT2D eigenvalue weighted by Gasteiger charge is 2.18. The molecule has 0 bridgehead atoms. The summed E-state index contributed by atoms with van der Waals surface area (Å²) in [5, 5.41) is 26.1. The van der Waals surface area contributed by atoms with Crippen molar-refractivity contribution in [3.05, 3.63) is 412 Å². The number of para-hydroxylation sites is 5. The van der Waals surface area contributed by atoms with E-state index < -0.39 is 0 Å². The number of hydrogen-bond donors (Lipinski definition) is 0. The van der Waals surface area contributed by atoms with Crippen LogP contribution in [0.15, 0.2) is 406 Å². The van der Waals surface area contributed by atoms with Crippen LogP contribution in [-0.4, -0.2) is 35.2 Å². The van der Waals surface area contributed by atoms with Gasteiger partial charge in [0.15, 0.2) is 0 Å². The van der Waals surface area contributed by atoms with Crippen molar-refractivity contribution < 1.29 is 0 Å². The fourth-order valence-electron chi connectivity index (χ4n) is 15.5. The first-order valence-corrected chi connectivity index (χ1v) is 37.4. The molecule has 0 aliphatic heterocycles. The van der Waals surface area contributed by atoms with Gasteiger partial charge >= 0.3 is 0 Å². The second-order valence-electron chi connectivity index (χ2n) is 27.9. The molecule has 0 unspecified atom stereocenters. The Morgan fingerprint density at radius 1 is 0.156 bits per heavy atom. The van der Waals surface area contributed by atoms with Crippen LogP contribution in [0.1, 0.15) is 5.56 Å². The topological polar surface area (TPSA) is 16.2 Å². The Hall–Kier alpha value is -13.7. The van der Waals surface area contributed by atoms with Crippen molar-refractivity contribution in [2.75, 3.05) is 59.7 Å². The van der Waals surface area contributed by atoms with E-state index in [1.54, 1.807) is 0 Å². The summed E-state index contributed by atoms with van der Waals surface area (Å²) < 4.78 is 0. The van der Waals surface area contributed by atoms with Gasteiger partial charge in [0.25, 0.3) is 0 Å². The molecule has 0 spiro atoms. The zero-order valence-corrected chi connectivity index (χ0v) is 62.4. The van der Waals surface area contributed by atoms with Crippen LogP contribution in [-0.2, 0) is 0 Å². The summed E-state index contributed by atoms with van der Waals surface area (Å²) in [6.45, 7) is 2.10. The Labute approximate surface area is 639 Å². The molecule has 0 radical (unpaired) electrons. The molecule has 109 heavy (non-hydrogen) atoms. The van der Waals surface area contributed by atoms with E-state index in [1.165, 1.54) is 170 Å². The first-order valence-electron chi connectivity index (χ1n) is 37.4. The third-order valence-electron chi connectivity index (χ3n) is 21.3. The molecule has 20 aromatic carbocycles. The summed E-state index contributed by atoms with van der Waals surface area (Å²) in [5.41, 5.74) is 13.4. The molecule has 0 atom stereocenters. The Balaban J connectivity index is 0.000000105. The molecule has 5 heteroatoms. The first-order chi connectivity index (χ1) is 53.6. The van der Waals surface area contributed by atoms with Gasteiger partial charge in [-0.05, 0) is 208 Å². The highest BCUT2D eigenvalue weighted by Crippen LogP contribution is 2.45. The molecule has 20 rings (SSSR count). The van der Waals surface area contributed by atoms with Gasteiger partial charge in [-0.15, -0.1) is 0 Å². The van der Waals surface area contributed by atoms with Crippen LogP contribution >= 0.6 is 0 Å². The van der Waals surface area contributed by atoms with E-state index in [1.807, 2.05) is 12.1 Å². The number of benzene rings is 20. The maximum absolute atomic E-state index is 2.30. The van der Waals surface area contributed by atoms with E-state index in [0.29, 0.717) is 0 Å². The van der Waals surface area contributed by atoms with Gasteiger partial charge in [-0.1, -0.05) is 297 Å². The summed E-state index contributed by atoms with van der Waals surface area (Å²) in [6, 6.07) is 144. The van der Waals surface area contributed by atoms with Crippen molar-refractivity contribution in [2.45, 2.75) is 6.92 Å². The van der Waals surface area contributed by atoms with Crippen LogP contribution in [0.2, 0.25) is 0 Å². The molecule has 0 N–H and O–H groups in total. The summed E-state index contributed by atoms with van der Waals surface area (Å²) in [6.07, 6.45) is 0.